The summed E-state index contributed by atoms with van der Waals surface area (Å²) in [4.78, 5) is 7.04. The quantitative estimate of drug-likeness (QED) is 0.250. The molecule has 0 amide bonds. The van der Waals surface area contributed by atoms with Crippen LogP contribution in [0.25, 0.3) is 42.1 Å². The summed E-state index contributed by atoms with van der Waals surface area (Å²) in [6, 6.07) is 43.1. The van der Waals surface area contributed by atoms with E-state index in [-0.39, 0.29) is 0 Å². The number of benzene rings is 5. The first-order valence-electron chi connectivity index (χ1n) is 12.0. The molecule has 0 N–H and O–H groups in total. The van der Waals surface area contributed by atoms with E-state index < -0.39 is 0 Å². The van der Waals surface area contributed by atoms with Crippen LogP contribution in [-0.4, -0.2) is 4.98 Å². The van der Waals surface area contributed by atoms with Gasteiger partial charge in [-0.05, 0) is 52.2 Å². The van der Waals surface area contributed by atoms with Crippen LogP contribution in [0.1, 0.15) is 0 Å². The predicted molar refractivity (Wildman–Crippen MR) is 155 cm³/mol. The van der Waals surface area contributed by atoms with Crippen molar-refractivity contribution >= 4 is 59.3 Å². The summed E-state index contributed by atoms with van der Waals surface area (Å²) >= 11 is 1.83. The molecule has 36 heavy (non-hydrogen) atoms. The van der Waals surface area contributed by atoms with Gasteiger partial charge in [0.05, 0.1) is 16.6 Å². The van der Waals surface area contributed by atoms with Crippen molar-refractivity contribution in [3.63, 3.8) is 0 Å². The van der Waals surface area contributed by atoms with Gasteiger partial charge in [-0.25, -0.2) is 0 Å². The third-order valence-electron chi connectivity index (χ3n) is 6.73. The molecular formula is C33H22N2S. The van der Waals surface area contributed by atoms with Gasteiger partial charge in [-0.3, -0.25) is 4.98 Å². The zero-order chi connectivity index (χ0) is 23.9. The van der Waals surface area contributed by atoms with Gasteiger partial charge in [0.15, 0.2) is 0 Å². The molecule has 0 saturated carbocycles. The molecule has 170 valence electrons. The molecule has 0 aliphatic carbocycles. The van der Waals surface area contributed by atoms with Gasteiger partial charge in [0, 0.05) is 33.0 Å². The Morgan fingerprint density at radius 3 is 2.08 bits per heavy atom. The van der Waals surface area contributed by atoms with E-state index in [0.717, 1.165) is 17.1 Å². The van der Waals surface area contributed by atoms with Gasteiger partial charge in [-0.1, -0.05) is 91.0 Å². The summed E-state index contributed by atoms with van der Waals surface area (Å²) in [5, 5.41) is 4.90. The molecule has 5 aromatic carbocycles. The van der Waals surface area contributed by atoms with Gasteiger partial charge in [0.1, 0.15) is 0 Å². The zero-order valence-electron chi connectivity index (χ0n) is 19.5. The maximum atomic E-state index is 4.70. The van der Waals surface area contributed by atoms with Gasteiger partial charge >= 0.3 is 0 Å². The molecule has 7 aromatic rings. The van der Waals surface area contributed by atoms with E-state index in [1.54, 1.807) is 0 Å². The lowest BCUT2D eigenvalue weighted by atomic mass is 10.0. The minimum atomic E-state index is 1.09. The lowest BCUT2D eigenvalue weighted by Gasteiger charge is -2.26. The molecule has 0 aliphatic rings. The summed E-state index contributed by atoms with van der Waals surface area (Å²) in [5.74, 6) is 0. The minimum absolute atomic E-state index is 1.09. The molecule has 0 spiro atoms. The molecule has 3 heteroatoms. The van der Waals surface area contributed by atoms with Gasteiger partial charge in [-0.15, -0.1) is 11.3 Å². The van der Waals surface area contributed by atoms with Crippen LogP contribution in [0.2, 0.25) is 0 Å². The number of fused-ring (bicyclic) bond motifs is 4. The summed E-state index contributed by atoms with van der Waals surface area (Å²) < 4.78 is 2.52. The molecule has 0 unspecified atom stereocenters. The summed E-state index contributed by atoms with van der Waals surface area (Å²) in [7, 11) is 0. The Labute approximate surface area is 213 Å². The van der Waals surface area contributed by atoms with Gasteiger partial charge in [0.25, 0.3) is 0 Å². The SMILES string of the molecule is c1ccc(-c2ccc(N(c3ccc4ccccc4c3)c3cncc4c3sc3ccccc34)cc2)cc1. The Balaban J connectivity index is 1.45. The molecule has 2 aromatic heterocycles. The monoisotopic (exact) mass is 478 g/mol. The van der Waals surface area contributed by atoms with Gasteiger partial charge in [0.2, 0.25) is 0 Å². The highest BCUT2D eigenvalue weighted by Gasteiger charge is 2.19. The van der Waals surface area contributed by atoms with E-state index in [9.17, 15) is 0 Å². The van der Waals surface area contributed by atoms with Crippen LogP contribution in [0, 0.1) is 0 Å². The Hall–Kier alpha value is -4.47. The van der Waals surface area contributed by atoms with Gasteiger partial charge < -0.3 is 4.90 Å². The molecule has 2 nitrogen and oxygen atoms in total. The third-order valence-corrected chi connectivity index (χ3v) is 7.94. The molecule has 0 bridgehead atoms. The predicted octanol–water partition coefficient (Wildman–Crippen LogP) is 9.74. The zero-order valence-corrected chi connectivity index (χ0v) is 20.3. The van der Waals surface area contributed by atoms with Crippen LogP contribution in [0.3, 0.4) is 0 Å². The lowest BCUT2D eigenvalue weighted by Crippen LogP contribution is -2.10. The molecule has 0 radical (unpaired) electrons. The van der Waals surface area contributed by atoms with Crippen LogP contribution in [0.4, 0.5) is 17.1 Å². The van der Waals surface area contributed by atoms with Crippen LogP contribution in [-0.2, 0) is 0 Å². The number of anilines is 3. The van der Waals surface area contributed by atoms with E-state index in [1.807, 2.05) is 23.7 Å². The average molecular weight is 479 g/mol. The Morgan fingerprint density at radius 2 is 1.22 bits per heavy atom. The summed E-state index contributed by atoms with van der Waals surface area (Å²) in [5.41, 5.74) is 5.74. The smallest absolute Gasteiger partial charge is 0.0824 e. The standard InChI is InChI=1S/C33H22N2S/c1-2-8-23(9-3-1)25-14-17-27(18-15-25)35(28-19-16-24-10-4-5-11-26(24)20-28)31-22-34-21-30-29-12-6-7-13-32(29)36-33(30)31/h1-22H. The second-order valence-corrected chi connectivity index (χ2v) is 9.97. The third kappa shape index (κ3) is 3.53. The number of aromatic nitrogens is 1. The number of hydrogen-bond donors (Lipinski definition) is 0. The maximum Gasteiger partial charge on any atom is 0.0824 e. The second kappa shape index (κ2) is 8.63. The normalized spacial score (nSPS) is 11.3. The molecule has 0 aliphatic heterocycles. The Kier molecular flexibility index (Phi) is 5.00. The van der Waals surface area contributed by atoms with E-state index >= 15 is 0 Å². The number of pyridine rings is 1. The van der Waals surface area contributed by atoms with E-state index in [2.05, 4.69) is 126 Å². The van der Waals surface area contributed by atoms with Crippen molar-refractivity contribution in [3.8, 4) is 11.1 Å². The number of hydrogen-bond acceptors (Lipinski definition) is 3. The first kappa shape index (κ1) is 20.9. The fourth-order valence-electron chi connectivity index (χ4n) is 4.96. The van der Waals surface area contributed by atoms with Crippen LogP contribution < -0.4 is 4.90 Å². The maximum absolute atomic E-state index is 4.70. The average Bonchev–Trinajstić information content (AvgIpc) is 3.34. The van der Waals surface area contributed by atoms with Crippen LogP contribution in [0.15, 0.2) is 134 Å². The summed E-state index contributed by atoms with van der Waals surface area (Å²) in [6.07, 6.45) is 3.99. The molecule has 2 heterocycles. The molecule has 0 fully saturated rings. The van der Waals surface area contributed by atoms with E-state index in [4.69, 9.17) is 4.98 Å². The number of rotatable bonds is 4. The fourth-order valence-corrected chi connectivity index (χ4v) is 6.14. The van der Waals surface area contributed by atoms with Crippen LogP contribution >= 0.6 is 11.3 Å². The van der Waals surface area contributed by atoms with Crippen molar-refractivity contribution in [2.75, 3.05) is 4.90 Å². The van der Waals surface area contributed by atoms with Crippen molar-refractivity contribution in [1.29, 1.82) is 0 Å². The van der Waals surface area contributed by atoms with Gasteiger partial charge in [-0.2, -0.15) is 0 Å². The highest BCUT2D eigenvalue weighted by atomic mass is 32.1. The van der Waals surface area contributed by atoms with Crippen molar-refractivity contribution in [3.05, 3.63) is 134 Å². The lowest BCUT2D eigenvalue weighted by molar-refractivity contribution is 1.26. The molecular weight excluding hydrogens is 456 g/mol. The molecule has 7 rings (SSSR count). The van der Waals surface area contributed by atoms with E-state index in [0.29, 0.717) is 0 Å². The first-order valence-corrected chi connectivity index (χ1v) is 12.9. The largest absolute Gasteiger partial charge is 0.308 e. The van der Waals surface area contributed by atoms with Crippen molar-refractivity contribution < 1.29 is 0 Å². The fraction of sp³-hybridized carbons (Fsp3) is 0. The van der Waals surface area contributed by atoms with Crippen molar-refractivity contribution in [2.24, 2.45) is 0 Å². The van der Waals surface area contributed by atoms with Crippen molar-refractivity contribution in [1.82, 2.24) is 4.98 Å². The highest BCUT2D eigenvalue weighted by Crippen LogP contribution is 2.44. The topological polar surface area (TPSA) is 16.1 Å². The summed E-state index contributed by atoms with van der Waals surface area (Å²) in [6.45, 7) is 0. The Bertz CT molecular complexity index is 1840. The van der Waals surface area contributed by atoms with Crippen LogP contribution in [0.5, 0.6) is 0 Å². The number of thiophene rings is 1. The van der Waals surface area contributed by atoms with E-state index in [1.165, 1.54) is 42.1 Å². The highest BCUT2D eigenvalue weighted by molar-refractivity contribution is 7.26. The second-order valence-electron chi connectivity index (χ2n) is 8.91. The van der Waals surface area contributed by atoms with Crippen molar-refractivity contribution in [2.45, 2.75) is 0 Å². The Morgan fingerprint density at radius 1 is 0.528 bits per heavy atom. The molecule has 0 saturated heterocycles. The number of nitrogens with zero attached hydrogens (tertiary/aromatic N) is 2. The first-order chi connectivity index (χ1) is 17.8. The molecule has 0 atom stereocenters. The minimum Gasteiger partial charge on any atom is -0.308 e.